The quantitative estimate of drug-likeness (QED) is 0.720. The maximum Gasteiger partial charge on any atom is 0.354 e. The van der Waals surface area contributed by atoms with Gasteiger partial charge in [0.1, 0.15) is 11.9 Å². The van der Waals surface area contributed by atoms with Crippen LogP contribution in [0.2, 0.25) is 0 Å². The van der Waals surface area contributed by atoms with Gasteiger partial charge in [0.05, 0.1) is 0 Å². The number of aromatic carboxylic acids is 1. The van der Waals surface area contributed by atoms with E-state index in [0.717, 1.165) is 12.8 Å². The molecule has 0 radical (unpaired) electrons. The van der Waals surface area contributed by atoms with Crippen molar-refractivity contribution in [2.24, 2.45) is 0 Å². The van der Waals surface area contributed by atoms with Gasteiger partial charge in [-0.05, 0) is 31.9 Å². The highest BCUT2D eigenvalue weighted by molar-refractivity contribution is 5.86. The largest absolute Gasteiger partial charge is 0.477 e. The first-order chi connectivity index (χ1) is 8.56. The molecule has 18 heavy (non-hydrogen) atoms. The molecule has 0 spiro atoms. The number of hydrogen-bond donors (Lipinski definition) is 3. The standard InChI is InChI=1S/C12H15N3O3/c1-7(11(16)14-8-5-6-8)13-10-4-2-3-9(15-10)12(17)18/h2-4,7-8H,5-6H2,1H3,(H,13,15)(H,14,16)(H,17,18). The van der Waals surface area contributed by atoms with Gasteiger partial charge in [-0.2, -0.15) is 0 Å². The minimum Gasteiger partial charge on any atom is -0.477 e. The molecule has 1 fully saturated rings. The third kappa shape index (κ3) is 3.19. The number of nitrogens with zero attached hydrogens (tertiary/aromatic N) is 1. The maximum atomic E-state index is 11.7. The Balaban J connectivity index is 1.96. The van der Waals surface area contributed by atoms with E-state index in [1.807, 2.05) is 0 Å². The highest BCUT2D eigenvalue weighted by atomic mass is 16.4. The van der Waals surface area contributed by atoms with Crippen LogP contribution in [0.3, 0.4) is 0 Å². The summed E-state index contributed by atoms with van der Waals surface area (Å²) in [5.41, 5.74) is -0.0465. The molecule has 1 unspecified atom stereocenters. The van der Waals surface area contributed by atoms with Gasteiger partial charge in [0.2, 0.25) is 5.91 Å². The van der Waals surface area contributed by atoms with Crippen LogP contribution in [0, 0.1) is 0 Å². The van der Waals surface area contributed by atoms with Crippen molar-refractivity contribution in [3.8, 4) is 0 Å². The summed E-state index contributed by atoms with van der Waals surface area (Å²) in [4.78, 5) is 26.4. The summed E-state index contributed by atoms with van der Waals surface area (Å²) in [5.74, 6) is -0.804. The second kappa shape index (κ2) is 5.03. The van der Waals surface area contributed by atoms with Crippen molar-refractivity contribution in [3.05, 3.63) is 23.9 Å². The molecule has 1 atom stereocenters. The Morgan fingerprint density at radius 3 is 2.78 bits per heavy atom. The monoisotopic (exact) mass is 249 g/mol. The summed E-state index contributed by atoms with van der Waals surface area (Å²) in [6.07, 6.45) is 2.07. The van der Waals surface area contributed by atoms with Crippen molar-refractivity contribution in [2.75, 3.05) is 5.32 Å². The average molecular weight is 249 g/mol. The van der Waals surface area contributed by atoms with Gasteiger partial charge in [0, 0.05) is 6.04 Å². The van der Waals surface area contributed by atoms with Crippen molar-refractivity contribution >= 4 is 17.7 Å². The molecule has 0 aromatic carbocycles. The lowest BCUT2D eigenvalue weighted by Crippen LogP contribution is -2.38. The molecule has 2 rings (SSSR count). The van der Waals surface area contributed by atoms with Gasteiger partial charge in [0.25, 0.3) is 0 Å². The smallest absolute Gasteiger partial charge is 0.354 e. The number of carbonyl (C=O) groups excluding carboxylic acids is 1. The number of carboxylic acid groups (broad SMARTS) is 1. The lowest BCUT2D eigenvalue weighted by atomic mass is 10.3. The lowest BCUT2D eigenvalue weighted by Gasteiger charge is -2.14. The van der Waals surface area contributed by atoms with Gasteiger partial charge in [-0.25, -0.2) is 9.78 Å². The van der Waals surface area contributed by atoms with Gasteiger partial charge in [-0.3, -0.25) is 4.79 Å². The third-order valence-corrected chi connectivity index (χ3v) is 2.65. The van der Waals surface area contributed by atoms with Crippen molar-refractivity contribution in [3.63, 3.8) is 0 Å². The van der Waals surface area contributed by atoms with Gasteiger partial charge in [0.15, 0.2) is 5.69 Å². The van der Waals surface area contributed by atoms with Crippen LogP contribution in [-0.4, -0.2) is 34.1 Å². The molecule has 96 valence electrons. The molecule has 6 nitrogen and oxygen atoms in total. The van der Waals surface area contributed by atoms with Gasteiger partial charge in [-0.15, -0.1) is 0 Å². The molecule has 3 N–H and O–H groups in total. The molecule has 0 saturated heterocycles. The molecule has 1 aromatic heterocycles. The van der Waals surface area contributed by atoms with Crippen molar-refractivity contribution in [1.29, 1.82) is 0 Å². The Labute approximate surface area is 104 Å². The van der Waals surface area contributed by atoms with E-state index in [1.54, 1.807) is 19.1 Å². The maximum absolute atomic E-state index is 11.7. The van der Waals surface area contributed by atoms with E-state index in [-0.39, 0.29) is 11.6 Å². The Kier molecular flexibility index (Phi) is 3.45. The Morgan fingerprint density at radius 1 is 1.44 bits per heavy atom. The van der Waals surface area contributed by atoms with E-state index in [9.17, 15) is 9.59 Å². The van der Waals surface area contributed by atoms with E-state index in [1.165, 1.54) is 6.07 Å². The highest BCUT2D eigenvalue weighted by Crippen LogP contribution is 2.18. The van der Waals surface area contributed by atoms with Gasteiger partial charge < -0.3 is 15.7 Å². The average Bonchev–Trinajstić information content (AvgIpc) is 3.13. The van der Waals surface area contributed by atoms with Crippen LogP contribution in [0.15, 0.2) is 18.2 Å². The predicted octanol–water partition coefficient (Wildman–Crippen LogP) is 0.859. The van der Waals surface area contributed by atoms with E-state index in [0.29, 0.717) is 11.9 Å². The van der Waals surface area contributed by atoms with Crippen molar-refractivity contribution in [1.82, 2.24) is 10.3 Å². The molecular formula is C12H15N3O3. The number of rotatable bonds is 5. The molecule has 0 aliphatic heterocycles. The summed E-state index contributed by atoms with van der Waals surface area (Å²) < 4.78 is 0. The Morgan fingerprint density at radius 2 is 2.17 bits per heavy atom. The zero-order valence-corrected chi connectivity index (χ0v) is 10.0. The lowest BCUT2D eigenvalue weighted by molar-refractivity contribution is -0.121. The van der Waals surface area contributed by atoms with Crippen molar-refractivity contribution < 1.29 is 14.7 Å². The molecule has 1 saturated carbocycles. The molecule has 1 amide bonds. The first kappa shape index (κ1) is 12.3. The number of amides is 1. The van der Waals surface area contributed by atoms with Gasteiger partial charge >= 0.3 is 5.97 Å². The second-order valence-electron chi connectivity index (χ2n) is 4.36. The molecule has 1 heterocycles. The minimum atomic E-state index is -1.09. The van der Waals surface area contributed by atoms with E-state index >= 15 is 0 Å². The zero-order chi connectivity index (χ0) is 13.1. The van der Waals surface area contributed by atoms with Crippen LogP contribution < -0.4 is 10.6 Å². The van der Waals surface area contributed by atoms with Crippen LogP contribution in [0.5, 0.6) is 0 Å². The van der Waals surface area contributed by atoms with Crippen LogP contribution in [0.25, 0.3) is 0 Å². The first-order valence-corrected chi connectivity index (χ1v) is 5.83. The minimum absolute atomic E-state index is 0.0465. The molecule has 1 aliphatic carbocycles. The summed E-state index contributed by atoms with van der Waals surface area (Å²) in [6.45, 7) is 1.72. The summed E-state index contributed by atoms with van der Waals surface area (Å²) in [6, 6.07) is 4.49. The number of nitrogens with one attached hydrogen (secondary N) is 2. The topological polar surface area (TPSA) is 91.3 Å². The molecule has 1 aromatic rings. The van der Waals surface area contributed by atoms with E-state index in [4.69, 9.17) is 5.11 Å². The van der Waals surface area contributed by atoms with Crippen LogP contribution in [-0.2, 0) is 4.79 Å². The number of pyridine rings is 1. The molecule has 1 aliphatic rings. The third-order valence-electron chi connectivity index (χ3n) is 2.65. The molecule has 0 bridgehead atoms. The summed E-state index contributed by atoms with van der Waals surface area (Å²) in [7, 11) is 0. The Hall–Kier alpha value is -2.11. The number of carboxylic acids is 1. The molecular weight excluding hydrogens is 234 g/mol. The summed E-state index contributed by atoms with van der Waals surface area (Å²) >= 11 is 0. The van der Waals surface area contributed by atoms with Crippen molar-refractivity contribution in [2.45, 2.75) is 31.8 Å². The number of anilines is 1. The number of aromatic nitrogens is 1. The number of carbonyl (C=O) groups is 2. The van der Waals surface area contributed by atoms with Gasteiger partial charge in [-0.1, -0.05) is 6.07 Å². The Bertz CT molecular complexity index is 471. The fourth-order valence-electron chi connectivity index (χ4n) is 1.48. The predicted molar refractivity (Wildman–Crippen MR) is 65.4 cm³/mol. The zero-order valence-electron chi connectivity index (χ0n) is 10.0. The molecule has 6 heteroatoms. The van der Waals surface area contributed by atoms with E-state index in [2.05, 4.69) is 15.6 Å². The fourth-order valence-corrected chi connectivity index (χ4v) is 1.48. The van der Waals surface area contributed by atoms with E-state index < -0.39 is 12.0 Å². The fraction of sp³-hybridized carbons (Fsp3) is 0.417. The normalized spacial score (nSPS) is 15.8. The van der Waals surface area contributed by atoms with Crippen LogP contribution in [0.1, 0.15) is 30.3 Å². The van der Waals surface area contributed by atoms with Crippen LogP contribution >= 0.6 is 0 Å². The number of hydrogen-bond acceptors (Lipinski definition) is 4. The second-order valence-corrected chi connectivity index (χ2v) is 4.36. The first-order valence-electron chi connectivity index (χ1n) is 5.83. The van der Waals surface area contributed by atoms with Crippen LogP contribution in [0.4, 0.5) is 5.82 Å². The summed E-state index contributed by atoms with van der Waals surface area (Å²) in [5, 5.41) is 14.6. The SMILES string of the molecule is CC(Nc1cccc(C(=O)O)n1)C(=O)NC1CC1. The highest BCUT2D eigenvalue weighted by Gasteiger charge is 2.25.